The molecule has 0 aliphatic rings. The zero-order chi connectivity index (χ0) is 15.2. The van der Waals surface area contributed by atoms with E-state index in [1.165, 1.54) is 11.8 Å². The fourth-order valence-electron chi connectivity index (χ4n) is 2.02. The lowest BCUT2D eigenvalue weighted by molar-refractivity contribution is 0.247. The highest BCUT2D eigenvalue weighted by molar-refractivity contribution is 7.90. The van der Waals surface area contributed by atoms with E-state index in [4.69, 9.17) is 0 Å². The molecule has 0 saturated carbocycles. The fourth-order valence-corrected chi connectivity index (χ4v) is 2.64. The first-order valence-corrected chi connectivity index (χ1v) is 9.02. The van der Waals surface area contributed by atoms with Gasteiger partial charge in [-0.1, -0.05) is 44.2 Å². The molecule has 0 fully saturated rings. The molecule has 1 aromatic rings. The van der Waals surface area contributed by atoms with Gasteiger partial charge in [0.25, 0.3) is 0 Å². The summed E-state index contributed by atoms with van der Waals surface area (Å²) < 4.78 is 22.6. The Morgan fingerprint density at radius 1 is 1.20 bits per heavy atom. The smallest absolute Gasteiger partial charge is 0.148 e. The number of hydrogen-bond acceptors (Lipinski definition) is 4. The quantitative estimate of drug-likeness (QED) is 0.794. The third-order valence-corrected chi connectivity index (χ3v) is 4.17. The van der Waals surface area contributed by atoms with E-state index in [-0.39, 0.29) is 11.8 Å². The molecule has 1 N–H and O–H groups in total. The Hall–Kier alpha value is -0.910. The van der Waals surface area contributed by atoms with Gasteiger partial charge in [0, 0.05) is 31.4 Å². The average molecular weight is 298 g/mol. The van der Waals surface area contributed by atoms with E-state index in [1.54, 1.807) is 0 Å². The molecule has 0 aliphatic heterocycles. The Kier molecular flexibility index (Phi) is 6.65. The third kappa shape index (κ3) is 6.50. The van der Waals surface area contributed by atoms with Crippen LogP contribution in [0, 0.1) is 0 Å². The van der Waals surface area contributed by atoms with Crippen LogP contribution in [0.2, 0.25) is 0 Å². The predicted molar refractivity (Wildman–Crippen MR) is 84.7 cm³/mol. The number of nitrogens with zero attached hydrogens (tertiary/aromatic N) is 1. The zero-order valence-corrected chi connectivity index (χ0v) is 13.7. The molecule has 0 aromatic heterocycles. The third-order valence-electron chi connectivity index (χ3n) is 3.25. The summed E-state index contributed by atoms with van der Waals surface area (Å²) in [5.74, 6) is 0.189. The van der Waals surface area contributed by atoms with Gasteiger partial charge in [-0.3, -0.25) is 4.90 Å². The molecule has 1 atom stereocenters. The molecule has 1 aromatic carbocycles. The Balaban J connectivity index is 2.76. The summed E-state index contributed by atoms with van der Waals surface area (Å²) in [4.78, 5) is 2.10. The van der Waals surface area contributed by atoms with Gasteiger partial charge in [0.05, 0.1) is 5.75 Å². The molecule has 0 aliphatic carbocycles. The number of sulfone groups is 1. The molecule has 0 radical (unpaired) electrons. The summed E-state index contributed by atoms with van der Waals surface area (Å²) in [5, 5.41) is 3.43. The van der Waals surface area contributed by atoms with Gasteiger partial charge in [-0.05, 0) is 12.6 Å². The monoisotopic (exact) mass is 298 g/mol. The maximum Gasteiger partial charge on any atom is 0.148 e. The number of hydrogen-bond donors (Lipinski definition) is 1. The average Bonchev–Trinajstić information content (AvgIpc) is 2.36. The maximum absolute atomic E-state index is 11.3. The van der Waals surface area contributed by atoms with Crippen molar-refractivity contribution in [2.75, 3.05) is 32.1 Å². The van der Waals surface area contributed by atoms with E-state index >= 15 is 0 Å². The molecule has 5 heteroatoms. The minimum absolute atomic E-state index is 0.181. The summed E-state index contributed by atoms with van der Waals surface area (Å²) in [6.45, 7) is 5.57. The molecule has 0 saturated heterocycles. The summed E-state index contributed by atoms with van der Waals surface area (Å²) in [6, 6.07) is 10.8. The van der Waals surface area contributed by atoms with E-state index in [2.05, 4.69) is 36.2 Å². The lowest BCUT2D eigenvalue weighted by atomic mass is 10.1. The van der Waals surface area contributed by atoms with Crippen LogP contribution in [-0.4, -0.2) is 51.5 Å². The van der Waals surface area contributed by atoms with Crippen molar-refractivity contribution in [3.63, 3.8) is 0 Å². The maximum atomic E-state index is 11.3. The molecule has 20 heavy (non-hydrogen) atoms. The Morgan fingerprint density at radius 3 is 2.30 bits per heavy atom. The number of rotatable bonds is 8. The molecular weight excluding hydrogens is 272 g/mol. The number of likely N-dealkylation sites (N-methyl/N-ethyl adjacent to an activating group) is 1. The molecule has 1 unspecified atom stereocenters. The van der Waals surface area contributed by atoms with Crippen LogP contribution in [0.1, 0.15) is 25.5 Å². The van der Waals surface area contributed by atoms with Crippen molar-refractivity contribution >= 4 is 9.84 Å². The second-order valence-corrected chi connectivity index (χ2v) is 7.86. The van der Waals surface area contributed by atoms with Gasteiger partial charge in [0.15, 0.2) is 0 Å². The van der Waals surface area contributed by atoms with Crippen LogP contribution in [0.4, 0.5) is 0 Å². The first-order chi connectivity index (χ1) is 9.29. The Morgan fingerprint density at radius 2 is 1.80 bits per heavy atom. The van der Waals surface area contributed by atoms with Crippen LogP contribution >= 0.6 is 0 Å². The van der Waals surface area contributed by atoms with Crippen LogP contribution in [-0.2, 0) is 9.84 Å². The highest BCUT2D eigenvalue weighted by atomic mass is 32.2. The fraction of sp³-hybridized carbons (Fsp3) is 0.600. The highest BCUT2D eigenvalue weighted by Gasteiger charge is 2.18. The van der Waals surface area contributed by atoms with E-state index in [0.717, 1.165) is 6.54 Å². The SMILES string of the molecule is CC(C)NCC(c1ccccc1)N(C)CCS(C)(=O)=O. The first-order valence-electron chi connectivity index (χ1n) is 6.96. The van der Waals surface area contributed by atoms with Gasteiger partial charge >= 0.3 is 0 Å². The summed E-state index contributed by atoms with van der Waals surface area (Å²) in [5.41, 5.74) is 1.21. The van der Waals surface area contributed by atoms with Crippen molar-refractivity contribution < 1.29 is 8.42 Å². The van der Waals surface area contributed by atoms with Crippen molar-refractivity contribution in [3.05, 3.63) is 35.9 Å². The van der Waals surface area contributed by atoms with Gasteiger partial charge < -0.3 is 5.32 Å². The van der Waals surface area contributed by atoms with Crippen molar-refractivity contribution in [2.45, 2.75) is 25.9 Å². The second-order valence-electron chi connectivity index (χ2n) is 5.60. The summed E-state index contributed by atoms with van der Waals surface area (Å²) in [7, 11) is -0.951. The minimum Gasteiger partial charge on any atom is -0.313 e. The van der Waals surface area contributed by atoms with Crippen molar-refractivity contribution in [2.24, 2.45) is 0 Å². The van der Waals surface area contributed by atoms with Crippen molar-refractivity contribution in [1.82, 2.24) is 10.2 Å². The van der Waals surface area contributed by atoms with Crippen LogP contribution in [0.15, 0.2) is 30.3 Å². The van der Waals surface area contributed by atoms with E-state index < -0.39 is 9.84 Å². The van der Waals surface area contributed by atoms with Crippen LogP contribution in [0.3, 0.4) is 0 Å². The largest absolute Gasteiger partial charge is 0.313 e. The van der Waals surface area contributed by atoms with E-state index in [0.29, 0.717) is 12.6 Å². The molecular formula is C15H26N2O2S. The lowest BCUT2D eigenvalue weighted by Crippen LogP contribution is -2.38. The molecule has 0 spiro atoms. The Bertz CT molecular complexity index is 486. The Labute approximate surface area is 123 Å². The highest BCUT2D eigenvalue weighted by Crippen LogP contribution is 2.18. The van der Waals surface area contributed by atoms with Gasteiger partial charge in [-0.25, -0.2) is 8.42 Å². The first kappa shape index (κ1) is 17.1. The van der Waals surface area contributed by atoms with Crippen molar-refractivity contribution in [3.8, 4) is 0 Å². The van der Waals surface area contributed by atoms with Crippen LogP contribution < -0.4 is 5.32 Å². The standard InChI is InChI=1S/C15H26N2O2S/c1-13(2)16-12-15(14-8-6-5-7-9-14)17(3)10-11-20(4,18)19/h5-9,13,15-16H,10-12H2,1-4H3. The normalized spacial score (nSPS) is 13.9. The van der Waals surface area contributed by atoms with E-state index in [1.807, 2.05) is 25.2 Å². The topological polar surface area (TPSA) is 49.4 Å². The molecule has 1 rings (SSSR count). The summed E-state index contributed by atoms with van der Waals surface area (Å²) >= 11 is 0. The number of benzene rings is 1. The molecule has 4 nitrogen and oxygen atoms in total. The molecule has 0 heterocycles. The predicted octanol–water partition coefficient (Wildman–Crippen LogP) is 1.70. The second kappa shape index (κ2) is 7.76. The lowest BCUT2D eigenvalue weighted by Gasteiger charge is -2.29. The van der Waals surface area contributed by atoms with Crippen LogP contribution in [0.25, 0.3) is 0 Å². The van der Waals surface area contributed by atoms with Gasteiger partial charge in [0.1, 0.15) is 9.84 Å². The van der Waals surface area contributed by atoms with E-state index in [9.17, 15) is 8.42 Å². The summed E-state index contributed by atoms with van der Waals surface area (Å²) in [6.07, 6.45) is 1.28. The minimum atomic E-state index is -2.93. The molecule has 0 amide bonds. The zero-order valence-electron chi connectivity index (χ0n) is 12.8. The van der Waals surface area contributed by atoms with Gasteiger partial charge in [-0.15, -0.1) is 0 Å². The molecule has 114 valence electrons. The van der Waals surface area contributed by atoms with Crippen LogP contribution in [0.5, 0.6) is 0 Å². The van der Waals surface area contributed by atoms with Gasteiger partial charge in [0.2, 0.25) is 0 Å². The van der Waals surface area contributed by atoms with Crippen molar-refractivity contribution in [1.29, 1.82) is 0 Å². The van der Waals surface area contributed by atoms with Gasteiger partial charge in [-0.2, -0.15) is 0 Å². The number of nitrogens with one attached hydrogen (secondary N) is 1. The molecule has 0 bridgehead atoms.